The Kier molecular flexibility index (Phi) is 0.976. The van der Waals surface area contributed by atoms with Gasteiger partial charge in [-0.15, -0.1) is 0 Å². The van der Waals surface area contributed by atoms with Crippen molar-refractivity contribution in [2.24, 2.45) is 0 Å². The van der Waals surface area contributed by atoms with E-state index in [1.54, 1.807) is 0 Å². The van der Waals surface area contributed by atoms with Crippen molar-refractivity contribution in [3.8, 4) is 0 Å². The molecule has 9 heavy (non-hydrogen) atoms. The number of ether oxygens (including phenoxy) is 2. The monoisotopic (exact) mass is 124 g/mol. The molecule has 1 fully saturated rings. The third-order valence-electron chi connectivity index (χ3n) is 1.54. The first-order chi connectivity index (χ1) is 4.36. The molecule has 48 valence electrons. The van der Waals surface area contributed by atoms with Gasteiger partial charge in [-0.25, -0.2) is 0 Å². The first-order valence-corrected chi connectivity index (χ1v) is 3.00. The highest BCUT2D eigenvalue weighted by Crippen LogP contribution is 2.23. The summed E-state index contributed by atoms with van der Waals surface area (Å²) in [5.41, 5.74) is 0.920. The van der Waals surface area contributed by atoms with Crippen molar-refractivity contribution in [2.75, 3.05) is 6.61 Å². The van der Waals surface area contributed by atoms with Crippen LogP contribution in [0.5, 0.6) is 0 Å². The second-order valence-electron chi connectivity index (χ2n) is 2.27. The minimum atomic E-state index is -0.153. The molecule has 2 aliphatic rings. The molecule has 0 aliphatic carbocycles. The molecule has 2 nitrogen and oxygen atoms in total. The number of hydrogen-bond acceptors (Lipinski definition) is 2. The average Bonchev–Trinajstić information content (AvgIpc) is 2.25. The molecule has 2 heteroatoms. The third kappa shape index (κ3) is 0.713. The van der Waals surface area contributed by atoms with Crippen molar-refractivity contribution < 1.29 is 9.47 Å². The molecule has 0 aromatic carbocycles. The van der Waals surface area contributed by atoms with Gasteiger partial charge in [-0.2, -0.15) is 0 Å². The van der Waals surface area contributed by atoms with Crippen molar-refractivity contribution in [3.05, 3.63) is 24.3 Å². The van der Waals surface area contributed by atoms with Crippen LogP contribution in [0.1, 0.15) is 0 Å². The fourth-order valence-corrected chi connectivity index (χ4v) is 1.02. The normalized spacial score (nSPS) is 39.8. The van der Waals surface area contributed by atoms with E-state index in [0.29, 0.717) is 6.61 Å². The maximum absolute atomic E-state index is 5.30. The van der Waals surface area contributed by atoms with Crippen LogP contribution in [-0.4, -0.2) is 19.0 Å². The summed E-state index contributed by atoms with van der Waals surface area (Å²) >= 11 is 0. The van der Waals surface area contributed by atoms with Gasteiger partial charge in [0.15, 0.2) is 6.29 Å². The van der Waals surface area contributed by atoms with E-state index >= 15 is 0 Å². The van der Waals surface area contributed by atoms with Crippen LogP contribution in [0, 0.1) is 0 Å². The minimum absolute atomic E-state index is 0.153. The van der Waals surface area contributed by atoms with Crippen molar-refractivity contribution in [3.63, 3.8) is 0 Å². The lowest BCUT2D eigenvalue weighted by Gasteiger charge is -2.13. The van der Waals surface area contributed by atoms with Gasteiger partial charge in [0.2, 0.25) is 0 Å². The Morgan fingerprint density at radius 2 is 2.56 bits per heavy atom. The molecule has 0 saturated carbocycles. The summed E-state index contributed by atoms with van der Waals surface area (Å²) in [6.45, 7) is 4.44. The summed E-state index contributed by atoms with van der Waals surface area (Å²) in [5, 5.41) is 0. The SMILES string of the molecule is C=C1C=C[C@H]2CO[C@@H]1O2. The van der Waals surface area contributed by atoms with Crippen LogP contribution in [0.25, 0.3) is 0 Å². The van der Waals surface area contributed by atoms with Crippen LogP contribution in [-0.2, 0) is 9.47 Å². The van der Waals surface area contributed by atoms with Crippen LogP contribution >= 0.6 is 0 Å². The first kappa shape index (κ1) is 5.21. The average molecular weight is 124 g/mol. The van der Waals surface area contributed by atoms with Gasteiger partial charge in [-0.05, 0) is 0 Å². The zero-order valence-corrected chi connectivity index (χ0v) is 5.04. The topological polar surface area (TPSA) is 18.5 Å². The van der Waals surface area contributed by atoms with E-state index in [9.17, 15) is 0 Å². The number of fused-ring (bicyclic) bond motifs is 2. The Morgan fingerprint density at radius 1 is 1.67 bits per heavy atom. The number of rotatable bonds is 0. The number of hydrogen-bond donors (Lipinski definition) is 0. The highest BCUT2D eigenvalue weighted by molar-refractivity contribution is 5.23. The van der Waals surface area contributed by atoms with Crippen LogP contribution in [0.4, 0.5) is 0 Å². The molecule has 2 bridgehead atoms. The summed E-state index contributed by atoms with van der Waals surface area (Å²) in [4.78, 5) is 0. The van der Waals surface area contributed by atoms with Gasteiger partial charge in [0, 0.05) is 5.57 Å². The molecule has 0 radical (unpaired) electrons. The Hall–Kier alpha value is -0.600. The molecule has 2 aliphatic heterocycles. The smallest absolute Gasteiger partial charge is 0.184 e. The third-order valence-corrected chi connectivity index (χ3v) is 1.54. The molecule has 2 atom stereocenters. The van der Waals surface area contributed by atoms with Gasteiger partial charge < -0.3 is 9.47 Å². The maximum atomic E-state index is 5.30. The summed E-state index contributed by atoms with van der Waals surface area (Å²) in [7, 11) is 0. The highest BCUT2D eigenvalue weighted by atomic mass is 16.7. The molecule has 0 N–H and O–H groups in total. The summed E-state index contributed by atoms with van der Waals surface area (Å²) < 4.78 is 10.5. The van der Waals surface area contributed by atoms with E-state index < -0.39 is 0 Å². The molecule has 1 saturated heterocycles. The fourth-order valence-electron chi connectivity index (χ4n) is 1.02. The van der Waals surface area contributed by atoms with Gasteiger partial charge in [0.05, 0.1) is 6.61 Å². The Balaban J connectivity index is 2.29. The van der Waals surface area contributed by atoms with Gasteiger partial charge in [-0.1, -0.05) is 18.7 Å². The zero-order chi connectivity index (χ0) is 6.27. The predicted octanol–water partition coefficient (Wildman–Crippen LogP) is 0.854. The molecule has 2 rings (SSSR count). The van der Waals surface area contributed by atoms with Crippen molar-refractivity contribution in [1.82, 2.24) is 0 Å². The van der Waals surface area contributed by atoms with Crippen molar-refractivity contribution in [1.29, 1.82) is 0 Å². The summed E-state index contributed by atoms with van der Waals surface area (Å²) in [5.74, 6) is 0. The van der Waals surface area contributed by atoms with Gasteiger partial charge in [0.1, 0.15) is 6.10 Å². The molecule has 0 amide bonds. The van der Waals surface area contributed by atoms with E-state index in [-0.39, 0.29) is 12.4 Å². The second-order valence-corrected chi connectivity index (χ2v) is 2.27. The molecule has 0 spiro atoms. The largest absolute Gasteiger partial charge is 0.345 e. The van der Waals surface area contributed by atoms with E-state index in [4.69, 9.17) is 9.47 Å². The maximum Gasteiger partial charge on any atom is 0.184 e. The Morgan fingerprint density at radius 3 is 3.33 bits per heavy atom. The Bertz CT molecular complexity index is 172. The molecule has 0 aromatic rings. The van der Waals surface area contributed by atoms with Crippen molar-refractivity contribution >= 4 is 0 Å². The lowest BCUT2D eigenvalue weighted by Crippen LogP contribution is -2.15. The fraction of sp³-hybridized carbons (Fsp3) is 0.429. The lowest BCUT2D eigenvalue weighted by molar-refractivity contribution is -0.0216. The van der Waals surface area contributed by atoms with E-state index in [1.165, 1.54) is 0 Å². The molecule has 0 aromatic heterocycles. The summed E-state index contributed by atoms with van der Waals surface area (Å²) in [6, 6.07) is 0. The second kappa shape index (κ2) is 1.69. The van der Waals surface area contributed by atoms with Crippen LogP contribution < -0.4 is 0 Å². The molecular weight excluding hydrogens is 116 g/mol. The van der Waals surface area contributed by atoms with Crippen molar-refractivity contribution in [2.45, 2.75) is 12.4 Å². The molecular formula is C7H8O2. The van der Waals surface area contributed by atoms with Gasteiger partial charge >= 0.3 is 0 Å². The standard InChI is InChI=1S/C7H8O2/c1-5-2-3-6-4-8-7(5)9-6/h2-3,6-7H,1,4H2/t6-,7+/m0/s1. The highest BCUT2D eigenvalue weighted by Gasteiger charge is 2.28. The van der Waals surface area contributed by atoms with Crippen LogP contribution in [0.15, 0.2) is 24.3 Å². The van der Waals surface area contributed by atoms with E-state index in [0.717, 1.165) is 5.57 Å². The quantitative estimate of drug-likeness (QED) is 0.476. The molecule has 2 heterocycles. The summed E-state index contributed by atoms with van der Waals surface area (Å²) in [6.07, 6.45) is 3.97. The van der Waals surface area contributed by atoms with Crippen LogP contribution in [0.2, 0.25) is 0 Å². The molecule has 0 unspecified atom stereocenters. The van der Waals surface area contributed by atoms with Gasteiger partial charge in [-0.3, -0.25) is 0 Å². The minimum Gasteiger partial charge on any atom is -0.345 e. The first-order valence-electron chi connectivity index (χ1n) is 3.00. The van der Waals surface area contributed by atoms with Crippen LogP contribution in [0.3, 0.4) is 0 Å². The predicted molar refractivity (Wildman–Crippen MR) is 32.9 cm³/mol. The Labute approximate surface area is 53.8 Å². The lowest BCUT2D eigenvalue weighted by atomic mass is 10.2. The zero-order valence-electron chi connectivity index (χ0n) is 5.04. The van der Waals surface area contributed by atoms with Gasteiger partial charge in [0.25, 0.3) is 0 Å². The van der Waals surface area contributed by atoms with E-state index in [2.05, 4.69) is 6.58 Å². The van der Waals surface area contributed by atoms with E-state index in [1.807, 2.05) is 12.2 Å².